The lowest BCUT2D eigenvalue weighted by atomic mass is 9.98. The largest absolute Gasteiger partial charge is 0.479 e. The number of para-hydroxylation sites is 1. The van der Waals surface area contributed by atoms with Crippen LogP contribution in [-0.2, 0) is 9.53 Å². The van der Waals surface area contributed by atoms with Crippen LogP contribution in [0.3, 0.4) is 0 Å². The Morgan fingerprint density at radius 3 is 2.84 bits per heavy atom. The maximum absolute atomic E-state index is 11.3. The summed E-state index contributed by atoms with van der Waals surface area (Å²) in [5.74, 6) is -1.11. The van der Waals surface area contributed by atoms with E-state index in [2.05, 4.69) is 5.32 Å². The second-order valence-corrected chi connectivity index (χ2v) is 4.62. The lowest BCUT2D eigenvalue weighted by Crippen LogP contribution is -2.47. The van der Waals surface area contributed by atoms with Crippen molar-refractivity contribution in [1.82, 2.24) is 0 Å². The molecule has 2 N–H and O–H groups in total. The molecule has 0 aromatic heterocycles. The minimum Gasteiger partial charge on any atom is -0.479 e. The Bertz CT molecular complexity index is 528. The van der Waals surface area contributed by atoms with E-state index in [1.54, 1.807) is 0 Å². The number of benzene rings is 1. The molecule has 8 heteroatoms. The van der Waals surface area contributed by atoms with Crippen LogP contribution in [-0.4, -0.2) is 34.8 Å². The number of aliphatic carboxylic acids is 1. The van der Waals surface area contributed by atoms with Gasteiger partial charge in [-0.05, 0) is 12.1 Å². The summed E-state index contributed by atoms with van der Waals surface area (Å²) in [4.78, 5) is 21.7. The first-order valence-electron chi connectivity index (χ1n) is 5.48. The zero-order valence-electron chi connectivity index (χ0n) is 9.76. The van der Waals surface area contributed by atoms with Crippen molar-refractivity contribution in [3.63, 3.8) is 0 Å². The predicted octanol–water partition coefficient (Wildman–Crippen LogP) is 1.90. The third kappa shape index (κ3) is 2.47. The Labute approximate surface area is 113 Å². The molecule has 0 bridgehead atoms. The average Bonchev–Trinajstić information content (AvgIpc) is 2.78. The van der Waals surface area contributed by atoms with Gasteiger partial charge in [0.2, 0.25) is 0 Å². The zero-order valence-corrected chi connectivity index (χ0v) is 10.5. The number of nitrogens with zero attached hydrogens (tertiary/aromatic N) is 1. The van der Waals surface area contributed by atoms with Crippen LogP contribution < -0.4 is 5.32 Å². The van der Waals surface area contributed by atoms with Crippen LogP contribution in [0.5, 0.6) is 0 Å². The van der Waals surface area contributed by atoms with Gasteiger partial charge in [-0.2, -0.15) is 0 Å². The molecule has 0 amide bonds. The van der Waals surface area contributed by atoms with Crippen LogP contribution in [0.4, 0.5) is 11.4 Å². The molecular formula is C11H11ClN2O5. The van der Waals surface area contributed by atoms with Gasteiger partial charge in [0.15, 0.2) is 5.54 Å². The normalized spacial score (nSPS) is 22.2. The molecule has 1 heterocycles. The van der Waals surface area contributed by atoms with Gasteiger partial charge in [-0.25, -0.2) is 4.79 Å². The summed E-state index contributed by atoms with van der Waals surface area (Å²) in [6.07, 6.45) is 0.228. The Morgan fingerprint density at radius 1 is 1.58 bits per heavy atom. The Kier molecular flexibility index (Phi) is 3.59. The molecule has 1 fully saturated rings. The molecule has 7 nitrogen and oxygen atoms in total. The summed E-state index contributed by atoms with van der Waals surface area (Å²) in [5.41, 5.74) is -1.61. The fourth-order valence-corrected chi connectivity index (χ4v) is 2.19. The van der Waals surface area contributed by atoms with E-state index in [1.807, 2.05) is 0 Å². The molecule has 0 saturated carbocycles. The van der Waals surface area contributed by atoms with Crippen LogP contribution >= 0.6 is 11.6 Å². The van der Waals surface area contributed by atoms with Crippen molar-refractivity contribution in [2.45, 2.75) is 12.0 Å². The van der Waals surface area contributed by atoms with E-state index in [0.29, 0.717) is 0 Å². The number of nitrogens with one attached hydrogen (secondary N) is 1. The minimum atomic E-state index is -1.35. The van der Waals surface area contributed by atoms with E-state index < -0.39 is 16.4 Å². The summed E-state index contributed by atoms with van der Waals surface area (Å²) in [6, 6.07) is 4.32. The summed E-state index contributed by atoms with van der Waals surface area (Å²) in [5, 5.41) is 22.9. The van der Waals surface area contributed by atoms with Crippen LogP contribution in [0.2, 0.25) is 5.02 Å². The summed E-state index contributed by atoms with van der Waals surface area (Å²) >= 11 is 5.77. The number of carboxylic acids is 1. The number of rotatable bonds is 4. The maximum Gasteiger partial charge on any atom is 0.331 e. The standard InChI is InChI=1S/C11H11ClN2O5/c12-7-2-1-3-8(9(7)14(17)18)13-11(10(15)16)4-5-19-6-11/h1-3,13H,4-6H2,(H,15,16). The molecule has 102 valence electrons. The number of nitro groups is 1. The number of ether oxygens (including phenoxy) is 1. The fourth-order valence-electron chi connectivity index (χ4n) is 1.95. The van der Waals surface area contributed by atoms with Gasteiger partial charge in [0, 0.05) is 13.0 Å². The molecule has 1 aromatic rings. The van der Waals surface area contributed by atoms with Crippen LogP contribution in [0.15, 0.2) is 18.2 Å². The van der Waals surface area contributed by atoms with Gasteiger partial charge < -0.3 is 15.2 Å². The van der Waals surface area contributed by atoms with Gasteiger partial charge in [-0.1, -0.05) is 17.7 Å². The summed E-state index contributed by atoms with van der Waals surface area (Å²) in [6.45, 7) is 0.236. The molecule has 19 heavy (non-hydrogen) atoms. The highest BCUT2D eigenvalue weighted by atomic mass is 35.5. The molecule has 1 aromatic carbocycles. The first kappa shape index (κ1) is 13.6. The number of hydrogen-bond donors (Lipinski definition) is 2. The molecule has 0 spiro atoms. The second kappa shape index (κ2) is 5.02. The van der Waals surface area contributed by atoms with Gasteiger partial charge in [-0.15, -0.1) is 0 Å². The van der Waals surface area contributed by atoms with Crippen LogP contribution in [0.1, 0.15) is 6.42 Å². The molecule has 1 unspecified atom stereocenters. The Hall–Kier alpha value is -1.86. The van der Waals surface area contributed by atoms with Crippen LogP contribution in [0.25, 0.3) is 0 Å². The minimum absolute atomic E-state index is 0.0468. The number of carbonyl (C=O) groups is 1. The van der Waals surface area contributed by atoms with Crippen molar-refractivity contribution in [1.29, 1.82) is 0 Å². The fraction of sp³-hybridized carbons (Fsp3) is 0.364. The molecule has 0 aliphatic carbocycles. The highest BCUT2D eigenvalue weighted by molar-refractivity contribution is 6.33. The smallest absolute Gasteiger partial charge is 0.331 e. The van der Waals surface area contributed by atoms with Gasteiger partial charge in [0.1, 0.15) is 10.7 Å². The van der Waals surface area contributed by atoms with Crippen molar-refractivity contribution in [3.8, 4) is 0 Å². The second-order valence-electron chi connectivity index (χ2n) is 4.21. The third-order valence-corrected chi connectivity index (χ3v) is 3.28. The van der Waals surface area contributed by atoms with Gasteiger partial charge in [0.05, 0.1) is 11.5 Å². The monoisotopic (exact) mass is 286 g/mol. The Balaban J connectivity index is 2.40. The molecular weight excluding hydrogens is 276 g/mol. The summed E-state index contributed by atoms with van der Waals surface area (Å²) < 4.78 is 5.08. The topological polar surface area (TPSA) is 102 Å². The third-order valence-electron chi connectivity index (χ3n) is 2.97. The van der Waals surface area contributed by atoms with E-state index >= 15 is 0 Å². The molecule has 1 aliphatic rings. The molecule has 1 aliphatic heterocycles. The van der Waals surface area contributed by atoms with Crippen molar-refractivity contribution in [2.24, 2.45) is 0 Å². The first-order chi connectivity index (χ1) is 8.96. The SMILES string of the molecule is O=C(O)C1(Nc2cccc(Cl)c2[N+](=O)[O-])CCOC1. The first-order valence-corrected chi connectivity index (χ1v) is 5.86. The van der Waals surface area contributed by atoms with E-state index in [9.17, 15) is 20.0 Å². The van der Waals surface area contributed by atoms with Crippen molar-refractivity contribution < 1.29 is 19.6 Å². The number of halogens is 1. The van der Waals surface area contributed by atoms with E-state index in [-0.39, 0.29) is 36.0 Å². The lowest BCUT2D eigenvalue weighted by molar-refractivity contribution is -0.383. The zero-order chi connectivity index (χ0) is 14.0. The molecule has 0 radical (unpaired) electrons. The van der Waals surface area contributed by atoms with E-state index in [0.717, 1.165) is 0 Å². The number of carboxylic acid groups (broad SMARTS) is 1. The summed E-state index contributed by atoms with van der Waals surface area (Å²) in [7, 11) is 0. The van der Waals surface area contributed by atoms with Gasteiger partial charge in [0.25, 0.3) is 0 Å². The molecule has 1 atom stereocenters. The quantitative estimate of drug-likeness (QED) is 0.647. The highest BCUT2D eigenvalue weighted by Gasteiger charge is 2.43. The molecule has 2 rings (SSSR count). The number of nitro benzene ring substituents is 1. The van der Waals surface area contributed by atoms with Gasteiger partial charge in [-0.3, -0.25) is 10.1 Å². The number of hydrogen-bond acceptors (Lipinski definition) is 5. The Morgan fingerprint density at radius 2 is 2.32 bits per heavy atom. The maximum atomic E-state index is 11.3. The highest BCUT2D eigenvalue weighted by Crippen LogP contribution is 2.35. The van der Waals surface area contributed by atoms with Crippen molar-refractivity contribution >= 4 is 28.9 Å². The van der Waals surface area contributed by atoms with Gasteiger partial charge >= 0.3 is 11.7 Å². The average molecular weight is 287 g/mol. The van der Waals surface area contributed by atoms with Crippen LogP contribution in [0, 0.1) is 10.1 Å². The van der Waals surface area contributed by atoms with E-state index in [4.69, 9.17) is 16.3 Å². The lowest BCUT2D eigenvalue weighted by Gasteiger charge is -2.24. The number of anilines is 1. The molecule has 1 saturated heterocycles. The van der Waals surface area contributed by atoms with Crippen molar-refractivity contribution in [3.05, 3.63) is 33.3 Å². The van der Waals surface area contributed by atoms with E-state index in [1.165, 1.54) is 18.2 Å². The van der Waals surface area contributed by atoms with Crippen molar-refractivity contribution in [2.75, 3.05) is 18.5 Å². The predicted molar refractivity (Wildman–Crippen MR) is 67.5 cm³/mol.